The number of halogens is 3. The van der Waals surface area contributed by atoms with E-state index in [2.05, 4.69) is 16.9 Å². The summed E-state index contributed by atoms with van der Waals surface area (Å²) in [4.78, 5) is 24.0. The molecule has 0 spiro atoms. The van der Waals surface area contributed by atoms with E-state index in [1.54, 1.807) is 24.5 Å². The first-order valence-corrected chi connectivity index (χ1v) is 11.7. The summed E-state index contributed by atoms with van der Waals surface area (Å²) in [6.45, 7) is 3.00. The SMILES string of the molecule is CC[C@H]1CCCCN1C(=O)Cn1c(SCc2cccc(C(F)(F)F)c2)nc2ccncc21. The van der Waals surface area contributed by atoms with Crippen LogP contribution in [0.25, 0.3) is 11.0 Å². The molecule has 1 aliphatic heterocycles. The number of rotatable bonds is 6. The predicted molar refractivity (Wildman–Crippen MR) is 118 cm³/mol. The Kier molecular flexibility index (Phi) is 6.74. The normalized spacial score (nSPS) is 17.1. The summed E-state index contributed by atoms with van der Waals surface area (Å²) < 4.78 is 41.0. The fraction of sp³-hybridized carbons (Fsp3) is 0.435. The lowest BCUT2D eigenvalue weighted by molar-refractivity contribution is -0.137. The summed E-state index contributed by atoms with van der Waals surface area (Å²) in [7, 11) is 0. The van der Waals surface area contributed by atoms with E-state index < -0.39 is 11.7 Å². The number of likely N-dealkylation sites (tertiary alicyclic amines) is 1. The third-order valence-corrected chi connectivity index (χ3v) is 6.90. The highest BCUT2D eigenvalue weighted by molar-refractivity contribution is 7.98. The molecule has 1 aliphatic rings. The van der Waals surface area contributed by atoms with Gasteiger partial charge in [0.05, 0.1) is 22.8 Å². The molecule has 1 amide bonds. The van der Waals surface area contributed by atoms with Crippen molar-refractivity contribution in [1.29, 1.82) is 0 Å². The Morgan fingerprint density at radius 2 is 2.09 bits per heavy atom. The lowest BCUT2D eigenvalue weighted by Gasteiger charge is -2.35. The van der Waals surface area contributed by atoms with Crippen molar-refractivity contribution < 1.29 is 18.0 Å². The molecule has 170 valence electrons. The molecular weight excluding hydrogens is 437 g/mol. The van der Waals surface area contributed by atoms with Gasteiger partial charge in [-0.2, -0.15) is 13.2 Å². The van der Waals surface area contributed by atoms with Crippen molar-refractivity contribution in [3.8, 4) is 0 Å². The van der Waals surface area contributed by atoms with Crippen molar-refractivity contribution >= 4 is 28.7 Å². The van der Waals surface area contributed by atoms with Gasteiger partial charge in [0.15, 0.2) is 5.16 Å². The number of piperidine rings is 1. The maximum Gasteiger partial charge on any atom is 0.416 e. The van der Waals surface area contributed by atoms with Crippen LogP contribution in [0.15, 0.2) is 47.9 Å². The fourth-order valence-electron chi connectivity index (χ4n) is 4.18. The maximum atomic E-state index is 13.2. The van der Waals surface area contributed by atoms with E-state index in [0.29, 0.717) is 22.0 Å². The number of pyridine rings is 1. The van der Waals surface area contributed by atoms with Crippen molar-refractivity contribution in [2.75, 3.05) is 6.54 Å². The number of hydrogen-bond donors (Lipinski definition) is 0. The zero-order valence-electron chi connectivity index (χ0n) is 17.8. The first-order chi connectivity index (χ1) is 15.4. The molecule has 0 unspecified atom stereocenters. The van der Waals surface area contributed by atoms with Gasteiger partial charge in [-0.25, -0.2) is 4.98 Å². The zero-order valence-corrected chi connectivity index (χ0v) is 18.6. The molecule has 1 fully saturated rings. The molecule has 0 aliphatic carbocycles. The minimum Gasteiger partial charge on any atom is -0.338 e. The predicted octanol–water partition coefficient (Wildman–Crippen LogP) is 5.53. The number of thioether (sulfide) groups is 1. The van der Waals surface area contributed by atoms with E-state index in [-0.39, 0.29) is 18.5 Å². The standard InChI is InChI=1S/C23H25F3N4OS/c1-2-18-8-3-4-11-29(18)21(31)14-30-20-13-27-10-9-19(20)28-22(30)32-15-16-6-5-7-17(12-16)23(24,25)26/h5-7,9-10,12-13,18H,2-4,8,11,14-15H2,1H3/t18-/m0/s1. The lowest BCUT2D eigenvalue weighted by Crippen LogP contribution is -2.44. The van der Waals surface area contributed by atoms with Crippen LogP contribution in [0.3, 0.4) is 0 Å². The van der Waals surface area contributed by atoms with Crippen LogP contribution in [0.4, 0.5) is 13.2 Å². The van der Waals surface area contributed by atoms with E-state index >= 15 is 0 Å². The first kappa shape index (κ1) is 22.6. The number of amides is 1. The van der Waals surface area contributed by atoms with E-state index in [9.17, 15) is 18.0 Å². The molecule has 2 aromatic heterocycles. The van der Waals surface area contributed by atoms with Gasteiger partial charge in [0.1, 0.15) is 6.54 Å². The van der Waals surface area contributed by atoms with Gasteiger partial charge in [-0.05, 0) is 43.4 Å². The third kappa shape index (κ3) is 4.92. The van der Waals surface area contributed by atoms with Gasteiger partial charge in [-0.1, -0.05) is 36.9 Å². The minimum atomic E-state index is -4.38. The topological polar surface area (TPSA) is 51.0 Å². The van der Waals surface area contributed by atoms with Gasteiger partial charge >= 0.3 is 6.18 Å². The van der Waals surface area contributed by atoms with Crippen molar-refractivity contribution in [2.45, 2.75) is 62.3 Å². The van der Waals surface area contributed by atoms with Crippen LogP contribution < -0.4 is 0 Å². The monoisotopic (exact) mass is 462 g/mol. The Hall–Kier alpha value is -2.55. The van der Waals surface area contributed by atoms with Crippen LogP contribution in [0.2, 0.25) is 0 Å². The van der Waals surface area contributed by atoms with Crippen LogP contribution in [0.5, 0.6) is 0 Å². The second kappa shape index (κ2) is 9.52. The Labute approximate surface area is 189 Å². The molecule has 0 N–H and O–H groups in total. The van der Waals surface area contributed by atoms with Gasteiger partial charge in [0.25, 0.3) is 0 Å². The molecule has 5 nitrogen and oxygen atoms in total. The quantitative estimate of drug-likeness (QED) is 0.452. The highest BCUT2D eigenvalue weighted by atomic mass is 32.2. The van der Waals surface area contributed by atoms with Crippen LogP contribution in [-0.4, -0.2) is 37.9 Å². The lowest BCUT2D eigenvalue weighted by atomic mass is 10.00. The van der Waals surface area contributed by atoms with E-state index in [0.717, 1.165) is 49.9 Å². The molecule has 3 aromatic rings. The Bertz CT molecular complexity index is 1100. The van der Waals surface area contributed by atoms with Gasteiger partial charge in [-0.15, -0.1) is 0 Å². The number of carbonyl (C=O) groups is 1. The highest BCUT2D eigenvalue weighted by Crippen LogP contribution is 2.32. The van der Waals surface area contributed by atoms with Crippen molar-refractivity contribution in [1.82, 2.24) is 19.4 Å². The zero-order chi connectivity index (χ0) is 22.7. The average molecular weight is 463 g/mol. The molecule has 1 atom stereocenters. The number of imidazole rings is 1. The van der Waals surface area contributed by atoms with Gasteiger partial charge in [0, 0.05) is 24.5 Å². The van der Waals surface area contributed by atoms with Crippen LogP contribution in [0, 0.1) is 0 Å². The second-order valence-electron chi connectivity index (χ2n) is 7.98. The summed E-state index contributed by atoms with van der Waals surface area (Å²) in [5.74, 6) is 0.358. The smallest absolute Gasteiger partial charge is 0.338 e. The fourth-order valence-corrected chi connectivity index (χ4v) is 5.13. The molecule has 0 radical (unpaired) electrons. The van der Waals surface area contributed by atoms with Crippen molar-refractivity contribution in [3.05, 3.63) is 53.9 Å². The summed E-state index contributed by atoms with van der Waals surface area (Å²) in [6.07, 6.45) is 3.03. The molecule has 4 rings (SSSR count). The number of aromatic nitrogens is 3. The molecule has 32 heavy (non-hydrogen) atoms. The summed E-state index contributed by atoms with van der Waals surface area (Å²) >= 11 is 1.33. The molecule has 0 bridgehead atoms. The van der Waals surface area contributed by atoms with E-state index in [4.69, 9.17) is 0 Å². The number of benzene rings is 1. The van der Waals surface area contributed by atoms with Crippen molar-refractivity contribution in [2.24, 2.45) is 0 Å². The van der Waals surface area contributed by atoms with Crippen LogP contribution in [0.1, 0.15) is 43.7 Å². The molecule has 0 saturated carbocycles. The van der Waals surface area contributed by atoms with Gasteiger partial charge in [0.2, 0.25) is 5.91 Å². The second-order valence-corrected chi connectivity index (χ2v) is 8.92. The van der Waals surface area contributed by atoms with Crippen LogP contribution in [-0.2, 0) is 23.3 Å². The summed E-state index contributed by atoms with van der Waals surface area (Å²) in [5.41, 5.74) is 1.34. The van der Waals surface area contributed by atoms with Crippen molar-refractivity contribution in [3.63, 3.8) is 0 Å². The van der Waals surface area contributed by atoms with Gasteiger partial charge < -0.3 is 9.47 Å². The molecule has 1 saturated heterocycles. The number of hydrogen-bond acceptors (Lipinski definition) is 4. The van der Waals surface area contributed by atoms with E-state index in [1.807, 2.05) is 9.47 Å². The molecular formula is C23H25F3N4OS. The maximum absolute atomic E-state index is 13.2. The average Bonchev–Trinajstić information content (AvgIpc) is 3.14. The van der Waals surface area contributed by atoms with E-state index in [1.165, 1.54) is 17.8 Å². The third-order valence-electron chi connectivity index (χ3n) is 5.85. The largest absolute Gasteiger partial charge is 0.416 e. The Balaban J connectivity index is 1.57. The summed E-state index contributed by atoms with van der Waals surface area (Å²) in [5, 5.41) is 0.601. The highest BCUT2D eigenvalue weighted by Gasteiger charge is 2.30. The number of alkyl halides is 3. The molecule has 3 heterocycles. The summed E-state index contributed by atoms with van der Waals surface area (Å²) in [6, 6.07) is 7.34. The van der Waals surface area contributed by atoms with Gasteiger partial charge in [-0.3, -0.25) is 9.78 Å². The minimum absolute atomic E-state index is 0.0422. The van der Waals surface area contributed by atoms with Crippen LogP contribution >= 0.6 is 11.8 Å². The molecule has 9 heteroatoms. The Morgan fingerprint density at radius 3 is 2.88 bits per heavy atom. The first-order valence-electron chi connectivity index (χ1n) is 10.8. The number of carbonyl (C=O) groups excluding carboxylic acids is 1. The molecule has 1 aromatic carbocycles. The number of fused-ring (bicyclic) bond motifs is 1. The number of nitrogens with zero attached hydrogens (tertiary/aromatic N) is 4. The Morgan fingerprint density at radius 1 is 1.25 bits per heavy atom.